The van der Waals surface area contributed by atoms with Gasteiger partial charge in [-0.05, 0) is 54.6 Å². The fourth-order valence-corrected chi connectivity index (χ4v) is 7.48. The number of aromatic amines is 1. The van der Waals surface area contributed by atoms with E-state index in [4.69, 9.17) is 9.98 Å². The lowest BCUT2D eigenvalue weighted by Gasteiger charge is -2.14. The molecular weight excluding hydrogens is 627 g/mol. The van der Waals surface area contributed by atoms with Crippen LogP contribution in [-0.2, 0) is 0 Å². The van der Waals surface area contributed by atoms with Gasteiger partial charge in [0, 0.05) is 38.9 Å². The molecule has 4 aromatic heterocycles. The van der Waals surface area contributed by atoms with Gasteiger partial charge < -0.3 is 14.1 Å². The quantitative estimate of drug-likeness (QED) is 0.146. The molecule has 0 aliphatic rings. The third kappa shape index (κ3) is 4.52. The van der Waals surface area contributed by atoms with Crippen molar-refractivity contribution in [2.24, 2.45) is 4.99 Å². The second-order valence-electron chi connectivity index (χ2n) is 12.6. The summed E-state index contributed by atoms with van der Waals surface area (Å²) >= 11 is 0. The average molecular weight is 656 g/mol. The number of nitrogens with one attached hydrogen (secondary N) is 2. The Kier molecular flexibility index (Phi) is 6.50. The molecule has 7 heteroatoms. The van der Waals surface area contributed by atoms with E-state index >= 15 is 0 Å². The van der Waals surface area contributed by atoms with Crippen molar-refractivity contribution in [2.45, 2.75) is 0 Å². The molecule has 0 aliphatic carbocycles. The van der Waals surface area contributed by atoms with E-state index in [0.717, 1.165) is 71.6 Å². The lowest BCUT2D eigenvalue weighted by atomic mass is 10.1. The fourth-order valence-electron chi connectivity index (χ4n) is 7.48. The number of H-pyrrole nitrogens is 1. The predicted octanol–water partition coefficient (Wildman–Crippen LogP) is 9.75. The Bertz CT molecular complexity index is 3040. The molecule has 0 spiro atoms. The van der Waals surface area contributed by atoms with Gasteiger partial charge in [-0.25, -0.2) is 9.98 Å². The van der Waals surface area contributed by atoms with E-state index in [0.29, 0.717) is 16.7 Å². The van der Waals surface area contributed by atoms with Crippen LogP contribution in [0, 0.1) is 5.41 Å². The normalized spacial score (nSPS) is 12.1. The van der Waals surface area contributed by atoms with Crippen LogP contribution >= 0.6 is 0 Å². The van der Waals surface area contributed by atoms with E-state index in [1.54, 1.807) is 6.20 Å². The average Bonchev–Trinajstić information content (AvgIpc) is 3.71. The van der Waals surface area contributed by atoms with Gasteiger partial charge in [0.15, 0.2) is 11.3 Å². The molecule has 2 N–H and O–H groups in total. The zero-order valence-corrected chi connectivity index (χ0v) is 27.3. The van der Waals surface area contributed by atoms with Crippen molar-refractivity contribution in [3.63, 3.8) is 0 Å². The minimum absolute atomic E-state index is 0.131. The second kappa shape index (κ2) is 11.5. The number of hydrogen-bond donors (Lipinski definition) is 2. The van der Waals surface area contributed by atoms with Crippen molar-refractivity contribution in [1.29, 1.82) is 5.41 Å². The van der Waals surface area contributed by atoms with Gasteiger partial charge in [-0.2, -0.15) is 0 Å². The van der Waals surface area contributed by atoms with Gasteiger partial charge in [-0.15, -0.1) is 0 Å². The summed E-state index contributed by atoms with van der Waals surface area (Å²) in [5.41, 5.74) is 10.7. The van der Waals surface area contributed by atoms with Crippen LogP contribution in [-0.4, -0.2) is 29.9 Å². The molecule has 0 aliphatic heterocycles. The molecule has 51 heavy (non-hydrogen) atoms. The number of amidine groups is 1. The number of pyridine rings is 1. The van der Waals surface area contributed by atoms with Gasteiger partial charge in [-0.3, -0.25) is 10.4 Å². The highest BCUT2D eigenvalue weighted by atomic mass is 15.0. The number of nitrogens with zero attached hydrogens (tertiary/aromatic N) is 5. The molecule has 0 fully saturated rings. The Morgan fingerprint density at radius 2 is 1.33 bits per heavy atom. The first kappa shape index (κ1) is 28.9. The Balaban J connectivity index is 1.27. The number of benzene rings is 6. The van der Waals surface area contributed by atoms with Gasteiger partial charge >= 0.3 is 0 Å². The summed E-state index contributed by atoms with van der Waals surface area (Å²) in [7, 11) is 0. The van der Waals surface area contributed by atoms with Crippen LogP contribution in [0.15, 0.2) is 169 Å². The number of rotatable bonds is 4. The Morgan fingerprint density at radius 3 is 2.18 bits per heavy atom. The lowest BCUT2D eigenvalue weighted by Crippen LogP contribution is -2.17. The van der Waals surface area contributed by atoms with Crippen molar-refractivity contribution in [1.82, 2.24) is 24.1 Å². The van der Waals surface area contributed by atoms with Gasteiger partial charge in [-0.1, -0.05) is 97.1 Å². The fraction of sp³-hybridized carbons (Fsp3) is 0. The first-order valence-electron chi connectivity index (χ1n) is 16.9. The molecule has 4 heterocycles. The monoisotopic (exact) mass is 655 g/mol. The molecule has 240 valence electrons. The zero-order valence-electron chi connectivity index (χ0n) is 27.3. The Morgan fingerprint density at radius 1 is 0.608 bits per heavy atom. The summed E-state index contributed by atoms with van der Waals surface area (Å²) in [5, 5.41) is 14.1. The van der Waals surface area contributed by atoms with Crippen molar-refractivity contribution in [3.05, 3.63) is 175 Å². The highest BCUT2D eigenvalue weighted by molar-refractivity contribution is 6.26. The Labute approximate surface area is 292 Å². The van der Waals surface area contributed by atoms with Crippen LogP contribution < -0.4 is 5.49 Å². The van der Waals surface area contributed by atoms with Crippen molar-refractivity contribution >= 4 is 60.5 Å². The van der Waals surface area contributed by atoms with Crippen molar-refractivity contribution < 1.29 is 0 Å². The van der Waals surface area contributed by atoms with Crippen LogP contribution in [0.1, 0.15) is 5.56 Å². The smallest absolute Gasteiger partial charge is 0.159 e. The number of para-hydroxylation sites is 5. The maximum absolute atomic E-state index is 9.57. The summed E-state index contributed by atoms with van der Waals surface area (Å²) in [5.74, 6) is 0.131. The summed E-state index contributed by atoms with van der Waals surface area (Å²) in [6, 6.07) is 51.6. The minimum atomic E-state index is 0.131. The molecule has 6 aromatic carbocycles. The van der Waals surface area contributed by atoms with Crippen LogP contribution in [0.2, 0.25) is 0 Å². The second-order valence-corrected chi connectivity index (χ2v) is 12.6. The first-order chi connectivity index (χ1) is 25.2. The van der Waals surface area contributed by atoms with Crippen molar-refractivity contribution in [2.75, 3.05) is 0 Å². The lowest BCUT2D eigenvalue weighted by molar-refractivity contribution is 1.13. The van der Waals surface area contributed by atoms with Crippen molar-refractivity contribution in [3.8, 4) is 22.6 Å². The van der Waals surface area contributed by atoms with Gasteiger partial charge in [0.2, 0.25) is 0 Å². The van der Waals surface area contributed by atoms with Gasteiger partial charge in [0.25, 0.3) is 0 Å². The highest BCUT2D eigenvalue weighted by Crippen LogP contribution is 2.42. The number of aromatic nitrogens is 5. The van der Waals surface area contributed by atoms with Gasteiger partial charge in [0.1, 0.15) is 5.69 Å². The molecule has 0 unspecified atom stereocenters. The standard InChI is InChI=1S/C44H29N7/c45-43(49-44-41(28-13-2-1-3-14-28)47-34-19-7-8-20-35(34)48-44)33-18-6-11-23-38(33)51-36-21-9-4-16-30(36)31-24-25-39-40(42(31)51)32-17-5-10-22-37(32)50(39)29-15-12-26-46-27-29/h1-27H,(H2,45,48,49). The minimum Gasteiger partial charge on any atom is -0.337 e. The van der Waals surface area contributed by atoms with E-state index in [1.165, 1.54) is 0 Å². The van der Waals surface area contributed by atoms with Crippen LogP contribution in [0.5, 0.6) is 0 Å². The van der Waals surface area contributed by atoms with E-state index < -0.39 is 0 Å². The van der Waals surface area contributed by atoms with Crippen LogP contribution in [0.4, 0.5) is 0 Å². The van der Waals surface area contributed by atoms with E-state index in [2.05, 4.69) is 91.9 Å². The maximum Gasteiger partial charge on any atom is 0.159 e. The number of hydrogen-bond acceptors (Lipinski definition) is 3. The van der Waals surface area contributed by atoms with Crippen LogP contribution in [0.25, 0.3) is 77.3 Å². The third-order valence-corrected chi connectivity index (χ3v) is 9.66. The molecule has 0 saturated carbocycles. The van der Waals surface area contributed by atoms with Gasteiger partial charge in [0.05, 0.1) is 50.7 Å². The molecule has 0 radical (unpaired) electrons. The molecule has 0 saturated heterocycles. The zero-order chi connectivity index (χ0) is 33.9. The van der Waals surface area contributed by atoms with E-state index in [-0.39, 0.29) is 5.84 Å². The highest BCUT2D eigenvalue weighted by Gasteiger charge is 2.22. The summed E-state index contributed by atoms with van der Waals surface area (Å²) in [6.45, 7) is 0. The summed E-state index contributed by atoms with van der Waals surface area (Å²) in [4.78, 5) is 17.9. The van der Waals surface area contributed by atoms with E-state index in [1.807, 2.05) is 85.1 Å². The molecule has 7 nitrogen and oxygen atoms in total. The molecule has 0 bridgehead atoms. The third-order valence-electron chi connectivity index (χ3n) is 9.66. The first-order valence-corrected chi connectivity index (χ1v) is 16.9. The van der Waals surface area contributed by atoms with Crippen LogP contribution in [0.3, 0.4) is 0 Å². The van der Waals surface area contributed by atoms with E-state index in [9.17, 15) is 5.41 Å². The largest absolute Gasteiger partial charge is 0.337 e. The summed E-state index contributed by atoms with van der Waals surface area (Å²) in [6.07, 6.45) is 3.71. The molecule has 0 amide bonds. The SMILES string of the molecule is N=C(N=c1[nH]c2ccccc2nc1-c1ccccc1)c1ccccc1-n1c2ccccc2c2ccc3c(c4ccccc4n3-c3cccnc3)c21. The Hall–Kier alpha value is -7.12. The molecule has 10 aromatic rings. The maximum atomic E-state index is 9.57. The molecule has 0 atom stereocenters. The molecular formula is C44H29N7. The molecule has 10 rings (SSSR count). The topological polar surface area (TPSA) is 87.6 Å². The summed E-state index contributed by atoms with van der Waals surface area (Å²) < 4.78 is 4.60. The number of fused-ring (bicyclic) bond motifs is 8. The predicted molar refractivity (Wildman–Crippen MR) is 207 cm³/mol.